The van der Waals surface area contributed by atoms with Crippen LogP contribution in [0, 0.1) is 0 Å². The van der Waals surface area contributed by atoms with E-state index in [0.29, 0.717) is 11.4 Å². The summed E-state index contributed by atoms with van der Waals surface area (Å²) < 4.78 is 3.80. The first-order valence-corrected chi connectivity index (χ1v) is 9.38. The second-order valence-electron chi connectivity index (χ2n) is 6.69. The van der Waals surface area contributed by atoms with Crippen LogP contribution in [0.1, 0.15) is 17.3 Å². The molecule has 0 radical (unpaired) electrons. The number of fused-ring (bicyclic) bond motifs is 3. The molecule has 3 heterocycles. The van der Waals surface area contributed by atoms with Gasteiger partial charge in [0.05, 0.1) is 0 Å². The topological polar surface area (TPSA) is 77.6 Å². The van der Waals surface area contributed by atoms with Crippen LogP contribution in [0.15, 0.2) is 73.4 Å². The first-order valence-electron chi connectivity index (χ1n) is 9.38. The molecule has 1 N–H and O–H groups in total. The van der Waals surface area contributed by atoms with Crippen molar-refractivity contribution in [3.8, 4) is 5.82 Å². The van der Waals surface area contributed by atoms with Crippen molar-refractivity contribution >= 4 is 33.4 Å². The molecular formula is C22H18N6O. The van der Waals surface area contributed by atoms with Gasteiger partial charge in [-0.1, -0.05) is 18.2 Å². The second-order valence-corrected chi connectivity index (χ2v) is 6.69. The average Bonchev–Trinajstić information content (AvgIpc) is 3.40. The zero-order chi connectivity index (χ0) is 19.8. The highest BCUT2D eigenvalue weighted by Gasteiger charge is 2.12. The predicted molar refractivity (Wildman–Crippen MR) is 112 cm³/mol. The smallest absolute Gasteiger partial charge is 0.255 e. The fraction of sp³-hybridized carbons (Fsp3) is 0.0909. The first kappa shape index (κ1) is 17.1. The fourth-order valence-corrected chi connectivity index (χ4v) is 3.69. The molecule has 5 rings (SSSR count). The molecular weight excluding hydrogens is 364 g/mol. The predicted octanol–water partition coefficient (Wildman–Crippen LogP) is 4.04. The first-order chi connectivity index (χ1) is 14.2. The Balaban J connectivity index is 1.50. The number of aromatic nitrogens is 5. The summed E-state index contributed by atoms with van der Waals surface area (Å²) >= 11 is 0. The molecule has 3 aromatic heterocycles. The van der Waals surface area contributed by atoms with Gasteiger partial charge in [-0.25, -0.2) is 14.6 Å². The second kappa shape index (κ2) is 6.87. The highest BCUT2D eigenvalue weighted by Crippen LogP contribution is 2.31. The minimum atomic E-state index is -0.202. The minimum Gasteiger partial charge on any atom is -0.341 e. The molecule has 142 valence electrons. The van der Waals surface area contributed by atoms with Crippen molar-refractivity contribution in [1.82, 2.24) is 24.3 Å². The number of carbonyl (C=O) groups is 1. The van der Waals surface area contributed by atoms with Crippen LogP contribution < -0.4 is 5.32 Å². The average molecular weight is 382 g/mol. The van der Waals surface area contributed by atoms with Crippen LogP contribution in [-0.2, 0) is 6.54 Å². The standard InChI is InChI=1S/C22H18N6O/c1-2-27-19-6-4-3-5-17(19)18-12-16(7-8-20(18)27)26-22(29)15-9-10-24-21(11-15)28-14-23-13-25-28/h3-14H,2H2,1H3,(H,26,29). The van der Waals surface area contributed by atoms with Crippen molar-refractivity contribution in [3.05, 3.63) is 79.0 Å². The van der Waals surface area contributed by atoms with Gasteiger partial charge in [0.25, 0.3) is 5.91 Å². The van der Waals surface area contributed by atoms with Gasteiger partial charge in [-0.3, -0.25) is 4.79 Å². The maximum Gasteiger partial charge on any atom is 0.255 e. The van der Waals surface area contributed by atoms with Gasteiger partial charge >= 0.3 is 0 Å². The lowest BCUT2D eigenvalue weighted by molar-refractivity contribution is 0.102. The molecule has 0 bridgehead atoms. The van der Waals surface area contributed by atoms with E-state index in [1.807, 2.05) is 24.3 Å². The number of benzene rings is 2. The Morgan fingerprint density at radius 2 is 1.90 bits per heavy atom. The molecule has 0 spiro atoms. The molecule has 0 saturated heterocycles. The third-order valence-electron chi connectivity index (χ3n) is 5.01. The number of hydrogen-bond donors (Lipinski definition) is 1. The third kappa shape index (κ3) is 2.93. The normalized spacial score (nSPS) is 11.2. The summed E-state index contributed by atoms with van der Waals surface area (Å²) in [5, 5.41) is 9.35. The Morgan fingerprint density at radius 1 is 1.03 bits per heavy atom. The number of carbonyl (C=O) groups excluding carboxylic acids is 1. The number of para-hydroxylation sites is 1. The molecule has 1 amide bonds. The molecule has 0 aliphatic heterocycles. The van der Waals surface area contributed by atoms with Crippen molar-refractivity contribution in [2.75, 3.05) is 5.32 Å². The molecule has 0 aliphatic carbocycles. The van der Waals surface area contributed by atoms with Gasteiger partial charge in [0.2, 0.25) is 0 Å². The van der Waals surface area contributed by atoms with Gasteiger partial charge in [0.1, 0.15) is 12.7 Å². The van der Waals surface area contributed by atoms with Gasteiger partial charge < -0.3 is 9.88 Å². The molecule has 7 heteroatoms. The lowest BCUT2D eigenvalue weighted by Gasteiger charge is -2.08. The number of anilines is 1. The van der Waals surface area contributed by atoms with E-state index in [1.54, 1.807) is 24.7 Å². The van der Waals surface area contributed by atoms with E-state index in [2.05, 4.69) is 50.1 Å². The van der Waals surface area contributed by atoms with Gasteiger partial charge in [0, 0.05) is 45.8 Å². The molecule has 29 heavy (non-hydrogen) atoms. The van der Waals surface area contributed by atoms with Gasteiger partial charge in [0.15, 0.2) is 5.82 Å². The lowest BCUT2D eigenvalue weighted by atomic mass is 10.1. The van der Waals surface area contributed by atoms with Crippen molar-refractivity contribution in [2.24, 2.45) is 0 Å². The number of nitrogens with one attached hydrogen (secondary N) is 1. The Bertz CT molecular complexity index is 1340. The van der Waals surface area contributed by atoms with Crippen LogP contribution in [0.25, 0.3) is 27.6 Å². The van der Waals surface area contributed by atoms with Crippen LogP contribution in [0.4, 0.5) is 5.69 Å². The minimum absolute atomic E-state index is 0.202. The molecule has 2 aromatic carbocycles. The summed E-state index contributed by atoms with van der Waals surface area (Å²) in [5.74, 6) is 0.337. The monoisotopic (exact) mass is 382 g/mol. The van der Waals surface area contributed by atoms with Crippen LogP contribution in [0.5, 0.6) is 0 Å². The Morgan fingerprint density at radius 3 is 2.72 bits per heavy atom. The van der Waals surface area contributed by atoms with Crippen LogP contribution >= 0.6 is 0 Å². The Labute approximate surface area is 166 Å². The number of rotatable bonds is 4. The molecule has 0 aliphatic rings. The summed E-state index contributed by atoms with van der Waals surface area (Å²) in [5.41, 5.74) is 3.60. The molecule has 7 nitrogen and oxygen atoms in total. The molecule has 5 aromatic rings. The highest BCUT2D eigenvalue weighted by atomic mass is 16.1. The molecule has 0 atom stereocenters. The van der Waals surface area contributed by atoms with Crippen molar-refractivity contribution in [3.63, 3.8) is 0 Å². The van der Waals surface area contributed by atoms with Crippen LogP contribution in [0.2, 0.25) is 0 Å². The summed E-state index contributed by atoms with van der Waals surface area (Å²) in [6.45, 7) is 3.02. The van der Waals surface area contributed by atoms with E-state index in [-0.39, 0.29) is 5.91 Å². The number of nitrogens with zero attached hydrogens (tertiary/aromatic N) is 5. The van der Waals surface area contributed by atoms with Crippen LogP contribution in [-0.4, -0.2) is 30.2 Å². The Hall–Kier alpha value is -4.00. The SMILES string of the molecule is CCn1c2ccccc2c2cc(NC(=O)c3ccnc(-n4cncn4)c3)ccc21. The van der Waals surface area contributed by atoms with E-state index in [4.69, 9.17) is 0 Å². The Kier molecular flexibility index (Phi) is 4.05. The van der Waals surface area contributed by atoms with Gasteiger partial charge in [-0.2, -0.15) is 5.10 Å². The largest absolute Gasteiger partial charge is 0.341 e. The van der Waals surface area contributed by atoms with Crippen molar-refractivity contribution < 1.29 is 4.79 Å². The van der Waals surface area contributed by atoms with Gasteiger partial charge in [-0.05, 0) is 43.3 Å². The van der Waals surface area contributed by atoms with E-state index in [1.165, 1.54) is 21.9 Å². The molecule has 0 fully saturated rings. The van der Waals surface area contributed by atoms with E-state index >= 15 is 0 Å². The maximum atomic E-state index is 12.8. The van der Waals surface area contributed by atoms with Crippen LogP contribution in [0.3, 0.4) is 0 Å². The summed E-state index contributed by atoms with van der Waals surface area (Å²) in [6.07, 6.45) is 4.56. The van der Waals surface area contributed by atoms with E-state index < -0.39 is 0 Å². The fourth-order valence-electron chi connectivity index (χ4n) is 3.69. The molecule has 0 unspecified atom stereocenters. The zero-order valence-corrected chi connectivity index (χ0v) is 15.8. The van der Waals surface area contributed by atoms with E-state index in [9.17, 15) is 4.79 Å². The van der Waals surface area contributed by atoms with Crippen molar-refractivity contribution in [1.29, 1.82) is 0 Å². The summed E-state index contributed by atoms with van der Waals surface area (Å²) in [6, 6.07) is 17.7. The third-order valence-corrected chi connectivity index (χ3v) is 5.01. The van der Waals surface area contributed by atoms with Crippen molar-refractivity contribution in [2.45, 2.75) is 13.5 Å². The number of pyridine rings is 1. The van der Waals surface area contributed by atoms with E-state index in [0.717, 1.165) is 23.1 Å². The lowest BCUT2D eigenvalue weighted by Crippen LogP contribution is -2.13. The number of aryl methyl sites for hydroxylation is 1. The van der Waals surface area contributed by atoms with Gasteiger partial charge in [-0.15, -0.1) is 0 Å². The summed E-state index contributed by atoms with van der Waals surface area (Å²) in [7, 11) is 0. The number of amides is 1. The highest BCUT2D eigenvalue weighted by molar-refractivity contribution is 6.11. The molecule has 0 saturated carbocycles. The maximum absolute atomic E-state index is 12.8. The summed E-state index contributed by atoms with van der Waals surface area (Å²) in [4.78, 5) is 21.0. The number of hydrogen-bond acceptors (Lipinski definition) is 4. The zero-order valence-electron chi connectivity index (χ0n) is 15.8. The quantitative estimate of drug-likeness (QED) is 0.509.